The van der Waals surface area contributed by atoms with Crippen LogP contribution < -0.4 is 0 Å². The molecule has 0 saturated heterocycles. The van der Waals surface area contributed by atoms with E-state index >= 15 is 0 Å². The molecule has 82 valence electrons. The van der Waals surface area contributed by atoms with Crippen molar-refractivity contribution in [1.82, 2.24) is 0 Å². The van der Waals surface area contributed by atoms with Gasteiger partial charge in [-0.3, -0.25) is 4.79 Å². The molecular formula is C12H22O2. The van der Waals surface area contributed by atoms with Gasteiger partial charge in [0.05, 0.1) is 5.92 Å². The highest BCUT2D eigenvalue weighted by Gasteiger charge is 2.31. The lowest BCUT2D eigenvalue weighted by Crippen LogP contribution is -2.32. The molecule has 0 amide bonds. The second-order valence-corrected chi connectivity index (χ2v) is 4.97. The van der Waals surface area contributed by atoms with Crippen molar-refractivity contribution < 1.29 is 9.59 Å². The molecule has 1 atom stereocenters. The summed E-state index contributed by atoms with van der Waals surface area (Å²) in [5.74, 6) is 0.0652. The van der Waals surface area contributed by atoms with Crippen LogP contribution in [0.3, 0.4) is 0 Å². The summed E-state index contributed by atoms with van der Waals surface area (Å²) >= 11 is 0. The van der Waals surface area contributed by atoms with E-state index in [4.69, 9.17) is 0 Å². The molecular weight excluding hydrogens is 176 g/mol. The zero-order chi connectivity index (χ0) is 11.4. The minimum Gasteiger partial charge on any atom is -0.303 e. The third-order valence-corrected chi connectivity index (χ3v) is 2.78. The van der Waals surface area contributed by atoms with Gasteiger partial charge in [-0.05, 0) is 18.8 Å². The molecule has 0 aliphatic rings. The number of aldehydes is 1. The van der Waals surface area contributed by atoms with Gasteiger partial charge in [-0.2, -0.15) is 0 Å². The van der Waals surface area contributed by atoms with E-state index in [0.717, 1.165) is 12.7 Å². The molecule has 1 unspecified atom stereocenters. The zero-order valence-corrected chi connectivity index (χ0v) is 9.96. The molecule has 0 aromatic carbocycles. The van der Waals surface area contributed by atoms with Gasteiger partial charge in [0, 0.05) is 5.41 Å². The number of Topliss-reactive ketones (excluding diaryl/α,β-unsaturated/α-hetero) is 1. The molecule has 14 heavy (non-hydrogen) atoms. The van der Waals surface area contributed by atoms with Crippen LogP contribution in [0.5, 0.6) is 0 Å². The van der Waals surface area contributed by atoms with E-state index in [1.807, 2.05) is 34.6 Å². The highest BCUT2D eigenvalue weighted by Crippen LogP contribution is 2.27. The fourth-order valence-electron chi connectivity index (χ4n) is 1.41. The van der Waals surface area contributed by atoms with Crippen LogP contribution in [0.15, 0.2) is 0 Å². The van der Waals surface area contributed by atoms with Crippen LogP contribution in [0, 0.1) is 17.3 Å². The van der Waals surface area contributed by atoms with Crippen molar-refractivity contribution in [1.29, 1.82) is 0 Å². The van der Waals surface area contributed by atoms with E-state index in [1.165, 1.54) is 0 Å². The van der Waals surface area contributed by atoms with E-state index < -0.39 is 5.92 Å². The van der Waals surface area contributed by atoms with Crippen molar-refractivity contribution in [2.24, 2.45) is 17.3 Å². The normalized spacial score (nSPS) is 14.1. The average molecular weight is 198 g/mol. The van der Waals surface area contributed by atoms with E-state index in [1.54, 1.807) is 0 Å². The van der Waals surface area contributed by atoms with Crippen LogP contribution >= 0.6 is 0 Å². The average Bonchev–Trinajstić information content (AvgIpc) is 2.12. The van der Waals surface area contributed by atoms with Gasteiger partial charge >= 0.3 is 0 Å². The SMILES string of the molecule is CCC(C)(C)C(=O)C(C=O)CC(C)C. The van der Waals surface area contributed by atoms with Gasteiger partial charge < -0.3 is 4.79 Å². The topological polar surface area (TPSA) is 34.1 Å². The minimum absolute atomic E-state index is 0.0868. The first kappa shape index (κ1) is 13.3. The summed E-state index contributed by atoms with van der Waals surface area (Å²) in [5.41, 5.74) is -0.361. The fourth-order valence-corrected chi connectivity index (χ4v) is 1.41. The third-order valence-electron chi connectivity index (χ3n) is 2.78. The fraction of sp³-hybridized carbons (Fsp3) is 0.833. The van der Waals surface area contributed by atoms with Crippen molar-refractivity contribution >= 4 is 12.1 Å². The molecule has 0 rings (SSSR count). The Labute approximate surface area is 87.1 Å². The Morgan fingerprint density at radius 2 is 1.86 bits per heavy atom. The molecule has 0 saturated carbocycles. The molecule has 2 heteroatoms. The van der Waals surface area contributed by atoms with Crippen LogP contribution in [-0.2, 0) is 9.59 Å². The number of hydrogen-bond acceptors (Lipinski definition) is 2. The van der Waals surface area contributed by atoms with Gasteiger partial charge in [-0.15, -0.1) is 0 Å². The Hall–Kier alpha value is -0.660. The molecule has 0 radical (unpaired) electrons. The van der Waals surface area contributed by atoms with E-state index in [9.17, 15) is 9.59 Å². The quantitative estimate of drug-likeness (QED) is 0.486. The van der Waals surface area contributed by atoms with Crippen molar-refractivity contribution in [2.75, 3.05) is 0 Å². The lowest BCUT2D eigenvalue weighted by Gasteiger charge is -2.25. The van der Waals surface area contributed by atoms with Gasteiger partial charge in [-0.1, -0.05) is 34.6 Å². The Bertz CT molecular complexity index is 204. The monoisotopic (exact) mass is 198 g/mol. The highest BCUT2D eigenvalue weighted by atomic mass is 16.1. The second-order valence-electron chi connectivity index (χ2n) is 4.97. The molecule has 0 bridgehead atoms. The van der Waals surface area contributed by atoms with Crippen molar-refractivity contribution in [3.63, 3.8) is 0 Å². The summed E-state index contributed by atoms with van der Waals surface area (Å²) < 4.78 is 0. The molecule has 0 heterocycles. The predicted octanol–water partition coefficient (Wildman–Crippen LogP) is 2.85. The molecule has 0 fully saturated rings. The lowest BCUT2D eigenvalue weighted by molar-refractivity contribution is -0.135. The van der Waals surface area contributed by atoms with Crippen molar-refractivity contribution in [2.45, 2.75) is 47.5 Å². The Morgan fingerprint density at radius 1 is 1.36 bits per heavy atom. The van der Waals surface area contributed by atoms with Crippen LogP contribution in [0.1, 0.15) is 47.5 Å². The maximum Gasteiger partial charge on any atom is 0.148 e. The van der Waals surface area contributed by atoms with Crippen LogP contribution in [0.2, 0.25) is 0 Å². The molecule has 0 aliphatic carbocycles. The van der Waals surface area contributed by atoms with Gasteiger partial charge in [0.25, 0.3) is 0 Å². The van der Waals surface area contributed by atoms with Crippen LogP contribution in [0.4, 0.5) is 0 Å². The zero-order valence-electron chi connectivity index (χ0n) is 9.96. The summed E-state index contributed by atoms with van der Waals surface area (Å²) in [6.07, 6.45) is 2.26. The second kappa shape index (κ2) is 5.28. The van der Waals surface area contributed by atoms with E-state index in [2.05, 4.69) is 0 Å². The first-order valence-electron chi connectivity index (χ1n) is 5.34. The number of rotatable bonds is 6. The predicted molar refractivity (Wildman–Crippen MR) is 58.1 cm³/mol. The number of hydrogen-bond donors (Lipinski definition) is 0. The lowest BCUT2D eigenvalue weighted by atomic mass is 9.77. The Morgan fingerprint density at radius 3 is 2.14 bits per heavy atom. The third kappa shape index (κ3) is 3.60. The standard InChI is InChI=1S/C12H22O2/c1-6-12(4,5)11(14)10(8-13)7-9(2)3/h8-10H,6-7H2,1-5H3. The van der Waals surface area contributed by atoms with E-state index in [0.29, 0.717) is 12.3 Å². The molecule has 0 aliphatic heterocycles. The van der Waals surface area contributed by atoms with Crippen molar-refractivity contribution in [3.8, 4) is 0 Å². The first-order chi connectivity index (χ1) is 6.35. The summed E-state index contributed by atoms with van der Waals surface area (Å²) in [6, 6.07) is 0. The molecule has 0 spiro atoms. The molecule has 0 N–H and O–H groups in total. The summed E-state index contributed by atoms with van der Waals surface area (Å²) in [6.45, 7) is 9.86. The molecule has 0 aromatic rings. The largest absolute Gasteiger partial charge is 0.303 e. The van der Waals surface area contributed by atoms with Crippen molar-refractivity contribution in [3.05, 3.63) is 0 Å². The summed E-state index contributed by atoms with van der Waals surface area (Å²) in [4.78, 5) is 22.8. The number of carbonyl (C=O) groups is 2. The van der Waals surface area contributed by atoms with Crippen LogP contribution in [-0.4, -0.2) is 12.1 Å². The molecule has 2 nitrogen and oxygen atoms in total. The van der Waals surface area contributed by atoms with Crippen LogP contribution in [0.25, 0.3) is 0 Å². The summed E-state index contributed by atoms with van der Waals surface area (Å²) in [7, 11) is 0. The maximum atomic E-state index is 11.9. The number of carbonyl (C=O) groups excluding carboxylic acids is 2. The first-order valence-corrected chi connectivity index (χ1v) is 5.34. The smallest absolute Gasteiger partial charge is 0.148 e. The molecule has 0 aromatic heterocycles. The Balaban J connectivity index is 4.54. The van der Waals surface area contributed by atoms with Gasteiger partial charge in [0.1, 0.15) is 12.1 Å². The maximum absolute atomic E-state index is 11.9. The highest BCUT2D eigenvalue weighted by molar-refractivity contribution is 5.96. The van der Waals surface area contributed by atoms with Gasteiger partial charge in [0.2, 0.25) is 0 Å². The van der Waals surface area contributed by atoms with Gasteiger partial charge in [0.15, 0.2) is 0 Å². The Kier molecular flexibility index (Phi) is 5.03. The minimum atomic E-state index is -0.412. The van der Waals surface area contributed by atoms with Gasteiger partial charge in [-0.25, -0.2) is 0 Å². The summed E-state index contributed by atoms with van der Waals surface area (Å²) in [5, 5.41) is 0. The number of ketones is 1. The van der Waals surface area contributed by atoms with E-state index in [-0.39, 0.29) is 11.2 Å².